The third kappa shape index (κ3) is 2.78. The predicted octanol–water partition coefficient (Wildman–Crippen LogP) is 1.50. The molecule has 2 aromatic rings. The summed E-state index contributed by atoms with van der Waals surface area (Å²) in [7, 11) is 1.91. The van der Waals surface area contributed by atoms with E-state index in [1.807, 2.05) is 38.5 Å². The van der Waals surface area contributed by atoms with Crippen LogP contribution in [0, 0.1) is 6.92 Å². The number of nitrogens with zero attached hydrogens (tertiary/aromatic N) is 3. The quantitative estimate of drug-likeness (QED) is 0.918. The van der Waals surface area contributed by atoms with Gasteiger partial charge in [-0.1, -0.05) is 0 Å². The molecule has 2 atom stereocenters. The van der Waals surface area contributed by atoms with Gasteiger partial charge in [0.2, 0.25) is 0 Å². The standard InChI is InChI=1S/C15H21N3O2/c1-11-3-4-13(20-11)10-18-6-5-15(19)14(18)7-12-8-16-17(2)9-12/h3-4,8-9,14-15,19H,5-7,10H2,1-2H3/t14-,15+/m0/s1. The van der Waals surface area contributed by atoms with Crippen LogP contribution in [-0.4, -0.2) is 38.5 Å². The van der Waals surface area contributed by atoms with E-state index < -0.39 is 0 Å². The minimum Gasteiger partial charge on any atom is -0.465 e. The first-order valence-electron chi connectivity index (χ1n) is 7.07. The van der Waals surface area contributed by atoms with Gasteiger partial charge in [-0.3, -0.25) is 9.58 Å². The van der Waals surface area contributed by atoms with Crippen LogP contribution in [0.25, 0.3) is 0 Å². The van der Waals surface area contributed by atoms with Gasteiger partial charge in [0.25, 0.3) is 0 Å². The van der Waals surface area contributed by atoms with Crippen molar-refractivity contribution >= 4 is 0 Å². The summed E-state index contributed by atoms with van der Waals surface area (Å²) >= 11 is 0. The molecule has 2 aromatic heterocycles. The van der Waals surface area contributed by atoms with Crippen molar-refractivity contribution in [3.63, 3.8) is 0 Å². The lowest BCUT2D eigenvalue weighted by atomic mass is 10.0. The largest absolute Gasteiger partial charge is 0.465 e. The molecule has 1 fully saturated rings. The number of aromatic nitrogens is 2. The number of hydrogen-bond donors (Lipinski definition) is 1. The maximum absolute atomic E-state index is 10.2. The normalized spacial score (nSPS) is 23.6. The van der Waals surface area contributed by atoms with Crippen molar-refractivity contribution in [1.29, 1.82) is 0 Å². The summed E-state index contributed by atoms with van der Waals surface area (Å²) in [4.78, 5) is 2.30. The van der Waals surface area contributed by atoms with E-state index in [1.165, 1.54) is 5.56 Å². The molecule has 5 nitrogen and oxygen atoms in total. The highest BCUT2D eigenvalue weighted by atomic mass is 16.3. The molecule has 0 unspecified atom stereocenters. The number of furan rings is 1. The molecule has 0 bridgehead atoms. The molecule has 1 aliphatic rings. The molecule has 0 radical (unpaired) electrons. The molecule has 0 amide bonds. The Morgan fingerprint density at radius 3 is 2.95 bits per heavy atom. The second kappa shape index (κ2) is 5.42. The van der Waals surface area contributed by atoms with E-state index in [9.17, 15) is 5.11 Å². The van der Waals surface area contributed by atoms with Crippen LogP contribution < -0.4 is 0 Å². The van der Waals surface area contributed by atoms with E-state index in [1.54, 1.807) is 4.68 Å². The second-order valence-electron chi connectivity index (χ2n) is 5.63. The lowest BCUT2D eigenvalue weighted by molar-refractivity contribution is 0.108. The van der Waals surface area contributed by atoms with Crippen LogP contribution in [0.1, 0.15) is 23.5 Å². The van der Waals surface area contributed by atoms with E-state index in [-0.39, 0.29) is 12.1 Å². The first kappa shape index (κ1) is 13.4. The molecule has 0 saturated carbocycles. The molecule has 0 aromatic carbocycles. The number of hydrogen-bond acceptors (Lipinski definition) is 4. The predicted molar refractivity (Wildman–Crippen MR) is 75.2 cm³/mol. The van der Waals surface area contributed by atoms with E-state index in [0.717, 1.165) is 37.5 Å². The van der Waals surface area contributed by atoms with Crippen LogP contribution in [0.15, 0.2) is 28.9 Å². The highest BCUT2D eigenvalue weighted by Gasteiger charge is 2.33. The van der Waals surface area contributed by atoms with Crippen LogP contribution >= 0.6 is 0 Å². The molecule has 1 aliphatic heterocycles. The second-order valence-corrected chi connectivity index (χ2v) is 5.63. The van der Waals surface area contributed by atoms with Crippen molar-refractivity contribution < 1.29 is 9.52 Å². The maximum atomic E-state index is 10.2. The number of rotatable bonds is 4. The topological polar surface area (TPSA) is 54.4 Å². The molecule has 20 heavy (non-hydrogen) atoms. The van der Waals surface area contributed by atoms with Gasteiger partial charge >= 0.3 is 0 Å². The SMILES string of the molecule is Cc1ccc(CN2CC[C@@H](O)[C@@H]2Cc2cnn(C)c2)o1. The van der Waals surface area contributed by atoms with Crippen molar-refractivity contribution in [2.75, 3.05) is 6.54 Å². The van der Waals surface area contributed by atoms with E-state index in [4.69, 9.17) is 4.42 Å². The van der Waals surface area contributed by atoms with Crippen LogP contribution in [-0.2, 0) is 20.0 Å². The Balaban J connectivity index is 1.69. The molecule has 108 valence electrons. The monoisotopic (exact) mass is 275 g/mol. The Morgan fingerprint density at radius 2 is 2.30 bits per heavy atom. The van der Waals surface area contributed by atoms with Gasteiger partial charge in [-0.2, -0.15) is 5.10 Å². The van der Waals surface area contributed by atoms with Gasteiger partial charge in [-0.15, -0.1) is 0 Å². The lowest BCUT2D eigenvalue weighted by Gasteiger charge is -2.24. The van der Waals surface area contributed by atoms with Gasteiger partial charge in [0.05, 0.1) is 18.8 Å². The fraction of sp³-hybridized carbons (Fsp3) is 0.533. The summed E-state index contributed by atoms with van der Waals surface area (Å²) in [6, 6.07) is 4.14. The van der Waals surface area contributed by atoms with Gasteiger partial charge < -0.3 is 9.52 Å². The van der Waals surface area contributed by atoms with Crippen molar-refractivity contribution in [1.82, 2.24) is 14.7 Å². The lowest BCUT2D eigenvalue weighted by Crippen LogP contribution is -2.36. The first-order valence-corrected chi connectivity index (χ1v) is 7.07. The van der Waals surface area contributed by atoms with E-state index in [0.29, 0.717) is 0 Å². The summed E-state index contributed by atoms with van der Waals surface area (Å²) in [5.41, 5.74) is 1.17. The van der Waals surface area contributed by atoms with E-state index in [2.05, 4.69) is 10.00 Å². The number of likely N-dealkylation sites (tertiary alicyclic amines) is 1. The molecule has 3 heterocycles. The van der Waals surface area contributed by atoms with Crippen molar-refractivity contribution in [2.45, 2.75) is 38.5 Å². The highest BCUT2D eigenvalue weighted by Crippen LogP contribution is 2.24. The summed E-state index contributed by atoms with van der Waals surface area (Å²) in [5, 5.41) is 14.4. The van der Waals surface area contributed by atoms with Crippen LogP contribution in [0.4, 0.5) is 0 Å². The van der Waals surface area contributed by atoms with E-state index >= 15 is 0 Å². The van der Waals surface area contributed by atoms with Crippen molar-refractivity contribution in [2.24, 2.45) is 7.05 Å². The fourth-order valence-corrected chi connectivity index (χ4v) is 2.95. The number of aliphatic hydroxyl groups is 1. The average molecular weight is 275 g/mol. The number of aryl methyl sites for hydroxylation is 2. The molecule has 1 saturated heterocycles. The van der Waals surface area contributed by atoms with Crippen LogP contribution in [0.3, 0.4) is 0 Å². The fourth-order valence-electron chi connectivity index (χ4n) is 2.95. The van der Waals surface area contributed by atoms with Gasteiger partial charge in [0.1, 0.15) is 11.5 Å². The Morgan fingerprint density at radius 1 is 1.45 bits per heavy atom. The zero-order valence-corrected chi connectivity index (χ0v) is 12.0. The molecular weight excluding hydrogens is 254 g/mol. The van der Waals surface area contributed by atoms with Crippen LogP contribution in [0.5, 0.6) is 0 Å². The van der Waals surface area contributed by atoms with Crippen LogP contribution in [0.2, 0.25) is 0 Å². The van der Waals surface area contributed by atoms with Gasteiger partial charge in [-0.05, 0) is 37.5 Å². The Labute approximate surface area is 118 Å². The Hall–Kier alpha value is -1.59. The third-order valence-electron chi connectivity index (χ3n) is 3.98. The first-order chi connectivity index (χ1) is 9.61. The summed E-state index contributed by atoms with van der Waals surface area (Å²) < 4.78 is 7.45. The summed E-state index contributed by atoms with van der Waals surface area (Å²) in [6.45, 7) is 3.62. The smallest absolute Gasteiger partial charge is 0.118 e. The minimum atomic E-state index is -0.272. The van der Waals surface area contributed by atoms with Crippen molar-refractivity contribution in [3.05, 3.63) is 41.6 Å². The van der Waals surface area contributed by atoms with Gasteiger partial charge in [0, 0.05) is 25.8 Å². The Bertz CT molecular complexity index is 575. The molecule has 0 spiro atoms. The van der Waals surface area contributed by atoms with Crippen molar-refractivity contribution in [3.8, 4) is 0 Å². The third-order valence-corrected chi connectivity index (χ3v) is 3.98. The maximum Gasteiger partial charge on any atom is 0.118 e. The van der Waals surface area contributed by atoms with Gasteiger partial charge in [0.15, 0.2) is 0 Å². The highest BCUT2D eigenvalue weighted by molar-refractivity contribution is 5.10. The molecule has 5 heteroatoms. The molecule has 3 rings (SSSR count). The number of aliphatic hydroxyl groups excluding tert-OH is 1. The molecular formula is C15H21N3O2. The zero-order valence-electron chi connectivity index (χ0n) is 12.0. The summed E-state index contributed by atoms with van der Waals surface area (Å²) in [5.74, 6) is 1.90. The average Bonchev–Trinajstić information content (AvgIpc) is 3.08. The molecule has 1 N–H and O–H groups in total. The zero-order chi connectivity index (χ0) is 14.1. The summed E-state index contributed by atoms with van der Waals surface area (Å²) in [6.07, 6.45) is 5.27. The molecule has 0 aliphatic carbocycles. The van der Waals surface area contributed by atoms with Gasteiger partial charge in [-0.25, -0.2) is 0 Å². The Kier molecular flexibility index (Phi) is 3.63. The minimum absolute atomic E-state index is 0.143.